The van der Waals surface area contributed by atoms with Gasteiger partial charge in [-0.05, 0) is 77.9 Å². The first-order valence-electron chi connectivity index (χ1n) is 12.9. The summed E-state index contributed by atoms with van der Waals surface area (Å²) in [5.74, 6) is 1.36. The number of ether oxygens (including phenoxy) is 1. The lowest BCUT2D eigenvalue weighted by molar-refractivity contribution is 0.257. The SMILES string of the molecule is O=C(Nc1ccccc1)N(CCCNS(=O)(=O)c1ccc2ccccc2c1)c1ccc(Oc2ccccc2)cc1. The summed E-state index contributed by atoms with van der Waals surface area (Å²) in [5, 5.41) is 4.74. The van der Waals surface area contributed by atoms with Crippen LogP contribution in [0.2, 0.25) is 0 Å². The number of nitrogens with one attached hydrogen (secondary N) is 2. The maximum atomic E-state index is 13.3. The summed E-state index contributed by atoms with van der Waals surface area (Å²) < 4.78 is 34.4. The van der Waals surface area contributed by atoms with Gasteiger partial charge < -0.3 is 10.1 Å². The van der Waals surface area contributed by atoms with Crippen LogP contribution in [0.5, 0.6) is 11.5 Å². The van der Waals surface area contributed by atoms with Crippen LogP contribution in [0.15, 0.2) is 132 Å². The average Bonchev–Trinajstić information content (AvgIpc) is 2.98. The van der Waals surface area contributed by atoms with E-state index in [-0.39, 0.29) is 24.0 Å². The quantitative estimate of drug-likeness (QED) is 0.182. The molecule has 0 saturated carbocycles. The molecule has 5 rings (SSSR count). The summed E-state index contributed by atoms with van der Waals surface area (Å²) in [6, 6.07) is 38.2. The Labute approximate surface area is 234 Å². The van der Waals surface area contributed by atoms with E-state index in [9.17, 15) is 13.2 Å². The Balaban J connectivity index is 1.26. The Hall–Kier alpha value is -4.66. The Kier molecular flexibility index (Phi) is 8.39. The van der Waals surface area contributed by atoms with Crippen LogP contribution in [-0.2, 0) is 10.0 Å². The monoisotopic (exact) mass is 551 g/mol. The van der Waals surface area contributed by atoms with Crippen molar-refractivity contribution < 1.29 is 17.9 Å². The number of rotatable bonds is 10. The van der Waals surface area contributed by atoms with Crippen molar-refractivity contribution >= 4 is 38.2 Å². The molecular weight excluding hydrogens is 522 g/mol. The smallest absolute Gasteiger partial charge is 0.326 e. The summed E-state index contributed by atoms with van der Waals surface area (Å²) in [6.45, 7) is 0.456. The highest BCUT2D eigenvalue weighted by molar-refractivity contribution is 7.89. The molecule has 0 bridgehead atoms. The molecule has 40 heavy (non-hydrogen) atoms. The second kappa shape index (κ2) is 12.5. The Morgan fingerprint density at radius 3 is 2.05 bits per heavy atom. The van der Waals surface area contributed by atoms with Gasteiger partial charge in [-0.1, -0.05) is 66.7 Å². The number of nitrogens with zero attached hydrogens (tertiary/aromatic N) is 1. The summed E-state index contributed by atoms with van der Waals surface area (Å²) in [7, 11) is -3.70. The number of urea groups is 1. The topological polar surface area (TPSA) is 87.7 Å². The predicted octanol–water partition coefficient (Wildman–Crippen LogP) is 7.04. The van der Waals surface area contributed by atoms with Crippen molar-refractivity contribution in [2.75, 3.05) is 23.3 Å². The Bertz CT molecular complexity index is 1680. The number of hydrogen-bond acceptors (Lipinski definition) is 4. The lowest BCUT2D eigenvalue weighted by atomic mass is 10.1. The van der Waals surface area contributed by atoms with Gasteiger partial charge in [0.05, 0.1) is 4.90 Å². The van der Waals surface area contributed by atoms with E-state index in [0.717, 1.165) is 10.8 Å². The molecule has 7 nitrogen and oxygen atoms in total. The average molecular weight is 552 g/mol. The van der Waals surface area contributed by atoms with Gasteiger partial charge in [-0.15, -0.1) is 0 Å². The molecule has 2 amide bonds. The molecule has 0 atom stereocenters. The highest BCUT2D eigenvalue weighted by Crippen LogP contribution is 2.25. The Morgan fingerprint density at radius 2 is 1.32 bits per heavy atom. The van der Waals surface area contributed by atoms with E-state index in [2.05, 4.69) is 10.0 Å². The molecular formula is C32H29N3O4S. The summed E-state index contributed by atoms with van der Waals surface area (Å²) in [5.41, 5.74) is 1.32. The zero-order valence-corrected chi connectivity index (χ0v) is 22.6. The molecule has 0 fully saturated rings. The highest BCUT2D eigenvalue weighted by atomic mass is 32.2. The van der Waals surface area contributed by atoms with Crippen LogP contribution in [0.4, 0.5) is 16.2 Å². The number of benzene rings is 5. The lowest BCUT2D eigenvalue weighted by Crippen LogP contribution is -2.37. The molecule has 5 aromatic carbocycles. The number of hydrogen-bond donors (Lipinski definition) is 2. The van der Waals surface area contributed by atoms with Gasteiger partial charge in [-0.2, -0.15) is 0 Å². The van der Waals surface area contributed by atoms with E-state index in [4.69, 9.17) is 4.74 Å². The van der Waals surface area contributed by atoms with Crippen molar-refractivity contribution in [1.29, 1.82) is 0 Å². The molecule has 0 aliphatic heterocycles. The number of carbonyl (C=O) groups is 1. The number of para-hydroxylation sites is 2. The number of amides is 2. The molecule has 202 valence electrons. The third-order valence-electron chi connectivity index (χ3n) is 6.28. The second-order valence-electron chi connectivity index (χ2n) is 9.12. The van der Waals surface area contributed by atoms with Crippen molar-refractivity contribution in [2.24, 2.45) is 0 Å². The molecule has 8 heteroatoms. The van der Waals surface area contributed by atoms with Crippen LogP contribution < -0.4 is 19.7 Å². The van der Waals surface area contributed by atoms with Crippen molar-refractivity contribution in [3.63, 3.8) is 0 Å². The normalized spacial score (nSPS) is 11.2. The van der Waals surface area contributed by atoms with Gasteiger partial charge in [-0.25, -0.2) is 17.9 Å². The minimum absolute atomic E-state index is 0.166. The fraction of sp³-hybridized carbons (Fsp3) is 0.0938. The zero-order valence-electron chi connectivity index (χ0n) is 21.7. The van der Waals surface area contributed by atoms with Gasteiger partial charge in [-0.3, -0.25) is 4.90 Å². The summed E-state index contributed by atoms with van der Waals surface area (Å²) in [4.78, 5) is 15.1. The van der Waals surface area contributed by atoms with Gasteiger partial charge >= 0.3 is 6.03 Å². The molecule has 5 aromatic rings. The minimum Gasteiger partial charge on any atom is -0.457 e. The third kappa shape index (κ3) is 6.85. The standard InChI is InChI=1S/C32H29N3O4S/c36-32(34-27-12-3-1-4-13-27)35(28-17-19-30(20-18-28)39-29-14-5-2-6-15-29)23-9-22-33-40(37,38)31-21-16-25-10-7-8-11-26(25)24-31/h1-8,10-21,24,33H,9,22-23H2,(H,34,36). The maximum absolute atomic E-state index is 13.3. The molecule has 0 radical (unpaired) electrons. The van der Waals surface area contributed by atoms with Crippen molar-refractivity contribution in [3.8, 4) is 11.5 Å². The van der Waals surface area contributed by atoms with Gasteiger partial charge in [0.25, 0.3) is 0 Å². The number of anilines is 2. The number of fused-ring (bicyclic) bond motifs is 1. The van der Waals surface area contributed by atoms with Crippen LogP contribution in [-0.4, -0.2) is 27.5 Å². The van der Waals surface area contributed by atoms with Crippen LogP contribution in [0.3, 0.4) is 0 Å². The van der Waals surface area contributed by atoms with Crippen molar-refractivity contribution in [2.45, 2.75) is 11.3 Å². The molecule has 0 unspecified atom stereocenters. The van der Waals surface area contributed by atoms with Crippen molar-refractivity contribution in [1.82, 2.24) is 4.72 Å². The summed E-state index contributed by atoms with van der Waals surface area (Å²) >= 11 is 0. The van der Waals surface area contributed by atoms with E-state index in [1.165, 1.54) is 0 Å². The fourth-order valence-corrected chi connectivity index (χ4v) is 5.35. The first-order valence-corrected chi connectivity index (χ1v) is 14.4. The molecule has 0 spiro atoms. The largest absolute Gasteiger partial charge is 0.457 e. The van der Waals surface area contributed by atoms with Crippen LogP contribution in [0.1, 0.15) is 6.42 Å². The molecule has 0 aliphatic rings. The minimum atomic E-state index is -3.70. The van der Waals surface area contributed by atoms with Gasteiger partial charge in [0, 0.05) is 24.5 Å². The van der Waals surface area contributed by atoms with Gasteiger partial charge in [0.15, 0.2) is 0 Å². The molecule has 0 aliphatic carbocycles. The predicted molar refractivity (Wildman–Crippen MR) is 160 cm³/mol. The van der Waals surface area contributed by atoms with Crippen LogP contribution in [0.25, 0.3) is 10.8 Å². The summed E-state index contributed by atoms with van der Waals surface area (Å²) in [6.07, 6.45) is 0.400. The van der Waals surface area contributed by atoms with E-state index in [1.807, 2.05) is 97.1 Å². The van der Waals surface area contributed by atoms with Gasteiger partial charge in [0.1, 0.15) is 11.5 Å². The number of carbonyl (C=O) groups excluding carboxylic acids is 1. The van der Waals surface area contributed by atoms with Crippen molar-refractivity contribution in [3.05, 3.63) is 127 Å². The van der Waals surface area contributed by atoms with E-state index in [1.54, 1.807) is 35.2 Å². The van der Waals surface area contributed by atoms with Crippen LogP contribution >= 0.6 is 0 Å². The van der Waals surface area contributed by atoms with E-state index >= 15 is 0 Å². The zero-order chi connectivity index (χ0) is 27.8. The maximum Gasteiger partial charge on any atom is 0.326 e. The Morgan fingerprint density at radius 1 is 0.700 bits per heavy atom. The van der Waals surface area contributed by atoms with E-state index < -0.39 is 10.0 Å². The molecule has 0 aromatic heterocycles. The highest BCUT2D eigenvalue weighted by Gasteiger charge is 2.18. The third-order valence-corrected chi connectivity index (χ3v) is 7.74. The first-order chi connectivity index (χ1) is 19.5. The molecule has 0 heterocycles. The number of sulfonamides is 1. The second-order valence-corrected chi connectivity index (χ2v) is 10.9. The molecule has 0 saturated heterocycles. The fourth-order valence-electron chi connectivity index (χ4n) is 4.24. The van der Waals surface area contributed by atoms with Crippen LogP contribution in [0, 0.1) is 0 Å². The van der Waals surface area contributed by atoms with Gasteiger partial charge in [0.2, 0.25) is 10.0 Å². The first kappa shape index (κ1) is 26.9. The lowest BCUT2D eigenvalue weighted by Gasteiger charge is -2.24. The molecule has 2 N–H and O–H groups in total. The van der Waals surface area contributed by atoms with E-state index in [0.29, 0.717) is 29.3 Å².